The second kappa shape index (κ2) is 9.54. The van der Waals surface area contributed by atoms with Gasteiger partial charge >= 0.3 is 0 Å². The molecule has 30 heavy (non-hydrogen) atoms. The van der Waals surface area contributed by atoms with Crippen LogP contribution in [0.2, 0.25) is 0 Å². The number of hydrogen-bond donors (Lipinski definition) is 2. The number of para-hydroxylation sites is 1. The maximum absolute atomic E-state index is 12.7. The van der Waals surface area contributed by atoms with Gasteiger partial charge in [0.2, 0.25) is 0 Å². The predicted octanol–water partition coefficient (Wildman–Crippen LogP) is 3.09. The largest absolute Gasteiger partial charge is 0.489 e. The number of hydrogen-bond acceptors (Lipinski definition) is 5. The van der Waals surface area contributed by atoms with Crippen LogP contribution in [-0.4, -0.2) is 45.0 Å². The first-order chi connectivity index (χ1) is 14.7. The Hall–Kier alpha value is -3.19. The lowest BCUT2D eigenvalue weighted by Crippen LogP contribution is -2.38. The molecule has 0 bridgehead atoms. The highest BCUT2D eigenvalue weighted by Crippen LogP contribution is 2.23. The Labute approximate surface area is 176 Å². The van der Waals surface area contributed by atoms with Crippen molar-refractivity contribution in [2.75, 3.05) is 13.1 Å². The summed E-state index contributed by atoms with van der Waals surface area (Å²) < 4.78 is 6.24. The van der Waals surface area contributed by atoms with Gasteiger partial charge in [-0.2, -0.15) is 0 Å². The van der Waals surface area contributed by atoms with E-state index in [1.165, 1.54) is 0 Å². The van der Waals surface area contributed by atoms with Gasteiger partial charge in [-0.3, -0.25) is 14.7 Å². The van der Waals surface area contributed by atoms with Gasteiger partial charge in [-0.25, -0.2) is 4.98 Å². The van der Waals surface area contributed by atoms with Crippen molar-refractivity contribution in [3.63, 3.8) is 0 Å². The number of nitrogens with zero attached hydrogens (tertiary/aromatic N) is 3. The van der Waals surface area contributed by atoms with Crippen LogP contribution in [-0.2, 0) is 13.1 Å². The van der Waals surface area contributed by atoms with Crippen LogP contribution in [0.25, 0.3) is 0 Å². The summed E-state index contributed by atoms with van der Waals surface area (Å²) >= 11 is 0. The second-order valence-corrected chi connectivity index (χ2v) is 7.61. The van der Waals surface area contributed by atoms with E-state index in [0.29, 0.717) is 17.9 Å². The fraction of sp³-hybridized carbons (Fsp3) is 0.348. The van der Waals surface area contributed by atoms with Crippen LogP contribution in [0, 0.1) is 6.92 Å². The lowest BCUT2D eigenvalue weighted by Gasteiger charge is -2.32. The Morgan fingerprint density at radius 1 is 1.17 bits per heavy atom. The molecule has 1 amide bonds. The van der Waals surface area contributed by atoms with Crippen LogP contribution in [0.15, 0.2) is 54.9 Å². The van der Waals surface area contributed by atoms with Gasteiger partial charge in [0.05, 0.1) is 17.8 Å². The maximum atomic E-state index is 12.7. The summed E-state index contributed by atoms with van der Waals surface area (Å²) in [5.74, 6) is 1.21. The number of aromatic amines is 1. The Kier molecular flexibility index (Phi) is 6.39. The summed E-state index contributed by atoms with van der Waals surface area (Å²) in [5.41, 5.74) is 2.61. The minimum absolute atomic E-state index is 0.103. The van der Waals surface area contributed by atoms with Crippen LogP contribution in [0.5, 0.6) is 5.75 Å². The van der Waals surface area contributed by atoms with E-state index >= 15 is 0 Å². The van der Waals surface area contributed by atoms with Gasteiger partial charge in [0.15, 0.2) is 0 Å². The van der Waals surface area contributed by atoms with Crippen LogP contribution in [0.1, 0.15) is 40.4 Å². The number of aromatic nitrogens is 3. The molecule has 2 N–H and O–H groups in total. The van der Waals surface area contributed by atoms with E-state index in [0.717, 1.165) is 49.7 Å². The molecule has 0 aliphatic carbocycles. The lowest BCUT2D eigenvalue weighted by molar-refractivity contribution is 0.0887. The van der Waals surface area contributed by atoms with Gasteiger partial charge in [-0.05, 0) is 44.0 Å². The number of aryl methyl sites for hydroxylation is 1. The molecule has 7 heteroatoms. The highest BCUT2D eigenvalue weighted by Gasteiger charge is 2.22. The number of likely N-dealkylation sites (tertiary alicyclic amines) is 1. The van der Waals surface area contributed by atoms with Crippen LogP contribution < -0.4 is 10.1 Å². The number of amides is 1. The quantitative estimate of drug-likeness (QED) is 0.631. The van der Waals surface area contributed by atoms with Crippen LogP contribution >= 0.6 is 0 Å². The highest BCUT2D eigenvalue weighted by atomic mass is 16.5. The number of rotatable bonds is 7. The molecule has 1 aliphatic heterocycles. The number of benzene rings is 1. The minimum atomic E-state index is -0.160. The van der Waals surface area contributed by atoms with Gasteiger partial charge in [-0.1, -0.05) is 18.2 Å². The van der Waals surface area contributed by atoms with E-state index in [2.05, 4.69) is 31.2 Å². The number of piperidine rings is 1. The number of H-pyrrole nitrogens is 1. The monoisotopic (exact) mass is 405 g/mol. The van der Waals surface area contributed by atoms with Gasteiger partial charge in [0.25, 0.3) is 5.91 Å². The van der Waals surface area contributed by atoms with Gasteiger partial charge in [0.1, 0.15) is 17.7 Å². The Morgan fingerprint density at radius 3 is 2.70 bits per heavy atom. The molecule has 1 saturated heterocycles. The summed E-state index contributed by atoms with van der Waals surface area (Å²) in [7, 11) is 0. The average molecular weight is 406 g/mol. The molecule has 156 valence electrons. The smallest absolute Gasteiger partial charge is 0.255 e. The molecule has 3 heterocycles. The third-order valence-corrected chi connectivity index (χ3v) is 5.24. The molecule has 0 radical (unpaired) electrons. The zero-order valence-corrected chi connectivity index (χ0v) is 17.2. The standard InChI is InChI=1S/C23H27N5O2/c1-17-14-25-22(27-17)15-26-23(29)20-7-2-3-8-21(20)30-19-9-12-28(13-10-19)16-18-6-4-5-11-24-18/h2-8,11,14,19H,9-10,12-13,15-16H2,1H3,(H,25,27)(H,26,29). The molecule has 3 aromatic rings. The Bertz CT molecular complexity index is 964. The summed E-state index contributed by atoms with van der Waals surface area (Å²) in [6, 6.07) is 13.4. The zero-order valence-electron chi connectivity index (χ0n) is 17.2. The summed E-state index contributed by atoms with van der Waals surface area (Å²) in [5, 5.41) is 2.91. The first-order valence-corrected chi connectivity index (χ1v) is 10.3. The fourth-order valence-electron chi connectivity index (χ4n) is 3.66. The molecule has 4 rings (SSSR count). The van der Waals surface area contributed by atoms with Crippen LogP contribution in [0.3, 0.4) is 0 Å². The minimum Gasteiger partial charge on any atom is -0.489 e. The van der Waals surface area contributed by atoms with E-state index in [4.69, 9.17) is 4.74 Å². The number of pyridine rings is 1. The molecule has 0 atom stereocenters. The van der Waals surface area contributed by atoms with E-state index < -0.39 is 0 Å². The molecule has 0 spiro atoms. The highest BCUT2D eigenvalue weighted by molar-refractivity contribution is 5.96. The van der Waals surface area contributed by atoms with E-state index in [-0.39, 0.29) is 12.0 Å². The van der Waals surface area contributed by atoms with E-state index in [9.17, 15) is 4.79 Å². The van der Waals surface area contributed by atoms with Crippen molar-refractivity contribution in [1.82, 2.24) is 25.2 Å². The third-order valence-electron chi connectivity index (χ3n) is 5.24. The van der Waals surface area contributed by atoms with E-state index in [1.54, 1.807) is 12.3 Å². The zero-order chi connectivity index (χ0) is 20.8. The predicted molar refractivity (Wildman–Crippen MR) is 114 cm³/mol. The molecule has 1 fully saturated rings. The maximum Gasteiger partial charge on any atom is 0.255 e. The van der Waals surface area contributed by atoms with Crippen molar-refractivity contribution >= 4 is 5.91 Å². The van der Waals surface area contributed by atoms with Crippen molar-refractivity contribution in [2.24, 2.45) is 0 Å². The average Bonchev–Trinajstić information content (AvgIpc) is 3.20. The van der Waals surface area contributed by atoms with Crippen molar-refractivity contribution in [3.8, 4) is 5.75 Å². The van der Waals surface area contributed by atoms with Crippen molar-refractivity contribution in [3.05, 3.63) is 77.6 Å². The summed E-state index contributed by atoms with van der Waals surface area (Å²) in [4.78, 5) is 26.8. The van der Waals surface area contributed by atoms with Gasteiger partial charge < -0.3 is 15.0 Å². The lowest BCUT2D eigenvalue weighted by atomic mass is 10.1. The molecule has 7 nitrogen and oxygen atoms in total. The topological polar surface area (TPSA) is 83.1 Å². The number of nitrogens with one attached hydrogen (secondary N) is 2. The summed E-state index contributed by atoms with van der Waals surface area (Å²) in [6.45, 7) is 5.05. The SMILES string of the molecule is Cc1cnc(CNC(=O)c2ccccc2OC2CCN(Cc3ccccn3)CC2)[nH]1. The van der Waals surface area contributed by atoms with Crippen LogP contribution in [0.4, 0.5) is 0 Å². The van der Waals surface area contributed by atoms with Crippen molar-refractivity contribution < 1.29 is 9.53 Å². The van der Waals surface area contributed by atoms with E-state index in [1.807, 2.05) is 43.5 Å². The first kappa shape index (κ1) is 20.1. The number of carbonyl (C=O) groups is 1. The normalized spacial score (nSPS) is 15.1. The molecular formula is C23H27N5O2. The molecule has 2 aromatic heterocycles. The van der Waals surface area contributed by atoms with Crippen molar-refractivity contribution in [2.45, 2.75) is 39.0 Å². The third kappa shape index (κ3) is 5.24. The Morgan fingerprint density at radius 2 is 1.97 bits per heavy atom. The molecule has 0 saturated carbocycles. The van der Waals surface area contributed by atoms with Crippen molar-refractivity contribution in [1.29, 1.82) is 0 Å². The Balaban J connectivity index is 1.31. The molecule has 0 unspecified atom stereocenters. The molecule has 1 aromatic carbocycles. The van der Waals surface area contributed by atoms with Gasteiger partial charge in [-0.15, -0.1) is 0 Å². The first-order valence-electron chi connectivity index (χ1n) is 10.3. The number of carbonyl (C=O) groups excluding carboxylic acids is 1. The summed E-state index contributed by atoms with van der Waals surface area (Å²) in [6.07, 6.45) is 5.54. The molecule has 1 aliphatic rings. The second-order valence-electron chi connectivity index (χ2n) is 7.61. The fourth-order valence-corrected chi connectivity index (χ4v) is 3.66. The van der Waals surface area contributed by atoms with Gasteiger partial charge in [0, 0.05) is 37.7 Å². The number of imidazole rings is 1. The number of ether oxygens (including phenoxy) is 1. The molecular weight excluding hydrogens is 378 g/mol.